The molecule has 0 bridgehead atoms. The van der Waals surface area contributed by atoms with Crippen LogP contribution in [0.4, 0.5) is 9.80 Å². The Kier molecular flexibility index (Phi) is 6.15. The number of nitrogens with one attached hydrogen (secondary N) is 2. The highest BCUT2D eigenvalue weighted by molar-refractivity contribution is 7.17. The summed E-state index contributed by atoms with van der Waals surface area (Å²) in [6.07, 6.45) is 5.24. The summed E-state index contributed by atoms with van der Waals surface area (Å²) in [7, 11) is 1.21. The van der Waals surface area contributed by atoms with Crippen LogP contribution >= 0.6 is 11.3 Å². The molecule has 0 aromatic carbocycles. The molecule has 1 aliphatic rings. The molecule has 0 aliphatic heterocycles. The lowest BCUT2D eigenvalue weighted by Gasteiger charge is -2.08. The average Bonchev–Trinajstić information content (AvgIpc) is 2.68. The van der Waals surface area contributed by atoms with Crippen LogP contribution < -0.4 is 10.6 Å². The highest BCUT2D eigenvalue weighted by Gasteiger charge is 2.26. The molecule has 0 atom stereocenters. The fourth-order valence-corrected chi connectivity index (χ4v) is 4.00. The van der Waals surface area contributed by atoms with Crippen molar-refractivity contribution in [2.24, 2.45) is 0 Å². The van der Waals surface area contributed by atoms with Gasteiger partial charge in [-0.2, -0.15) is 0 Å². The fourth-order valence-electron chi connectivity index (χ4n) is 2.69. The van der Waals surface area contributed by atoms with Crippen molar-refractivity contribution >= 4 is 34.2 Å². The van der Waals surface area contributed by atoms with Gasteiger partial charge in [0.25, 0.3) is 5.91 Å². The van der Waals surface area contributed by atoms with Crippen LogP contribution in [0.5, 0.6) is 0 Å². The zero-order valence-electron chi connectivity index (χ0n) is 13.5. The molecule has 0 spiro atoms. The van der Waals surface area contributed by atoms with E-state index in [0.717, 1.165) is 49.0 Å². The first kappa shape index (κ1) is 17.5. The number of ether oxygens (including phenoxy) is 1. The number of amides is 3. The van der Waals surface area contributed by atoms with Crippen LogP contribution in [0.1, 0.15) is 59.8 Å². The Bertz CT molecular complexity index is 609. The van der Waals surface area contributed by atoms with Gasteiger partial charge in [0.15, 0.2) is 0 Å². The van der Waals surface area contributed by atoms with Crippen molar-refractivity contribution in [3.63, 3.8) is 0 Å². The molecule has 1 heterocycles. The van der Waals surface area contributed by atoms with Crippen molar-refractivity contribution in [1.29, 1.82) is 0 Å². The Morgan fingerprint density at radius 3 is 2.61 bits per heavy atom. The number of aryl methyl sites for hydroxylation is 1. The van der Waals surface area contributed by atoms with Crippen LogP contribution in [0, 0.1) is 0 Å². The number of anilines is 1. The van der Waals surface area contributed by atoms with E-state index < -0.39 is 12.0 Å². The summed E-state index contributed by atoms with van der Waals surface area (Å²) in [5, 5.41) is 5.57. The van der Waals surface area contributed by atoms with Gasteiger partial charge < -0.3 is 10.1 Å². The second-order valence-electron chi connectivity index (χ2n) is 5.51. The summed E-state index contributed by atoms with van der Waals surface area (Å²) < 4.78 is 4.49. The number of carbonyl (C=O) groups excluding carboxylic acids is 3. The molecule has 0 fully saturated rings. The fraction of sp³-hybridized carbons (Fsp3) is 0.562. The van der Waals surface area contributed by atoms with Gasteiger partial charge in [0, 0.05) is 11.3 Å². The minimum absolute atomic E-state index is 0.115. The van der Waals surface area contributed by atoms with Crippen LogP contribution in [-0.2, 0) is 22.4 Å². The number of alkyl carbamates (subject to hydrolysis) is 1. The van der Waals surface area contributed by atoms with Crippen LogP contribution in [0.2, 0.25) is 0 Å². The van der Waals surface area contributed by atoms with E-state index >= 15 is 0 Å². The smallest absolute Gasteiger partial charge is 0.413 e. The molecule has 0 radical (unpaired) electrons. The highest BCUT2D eigenvalue weighted by Crippen LogP contribution is 2.37. The lowest BCUT2D eigenvalue weighted by atomic mass is 10.0. The predicted molar refractivity (Wildman–Crippen MR) is 89.0 cm³/mol. The Hall–Kier alpha value is -1.89. The van der Waals surface area contributed by atoms with Crippen LogP contribution in [0.25, 0.3) is 0 Å². The SMILES string of the molecule is CCCC(=O)Nc1sc2c(c1C(=O)NC(=O)OC)CCCCC2. The number of fused-ring (bicyclic) bond motifs is 1. The molecular weight excluding hydrogens is 316 g/mol. The Balaban J connectivity index is 2.34. The summed E-state index contributed by atoms with van der Waals surface area (Å²) in [6, 6.07) is 0. The van der Waals surface area contributed by atoms with Gasteiger partial charge in [-0.15, -0.1) is 11.3 Å². The first-order chi connectivity index (χ1) is 11.1. The van der Waals surface area contributed by atoms with E-state index in [0.29, 0.717) is 17.0 Å². The van der Waals surface area contributed by atoms with E-state index in [1.54, 1.807) is 0 Å². The van der Waals surface area contributed by atoms with Gasteiger partial charge in [-0.05, 0) is 37.7 Å². The maximum atomic E-state index is 12.5. The van der Waals surface area contributed by atoms with Crippen LogP contribution in [0.3, 0.4) is 0 Å². The number of rotatable bonds is 4. The molecule has 1 aromatic rings. The number of imide groups is 1. The second-order valence-corrected chi connectivity index (χ2v) is 6.62. The molecule has 1 aromatic heterocycles. The van der Waals surface area contributed by atoms with E-state index in [9.17, 15) is 14.4 Å². The largest absolute Gasteiger partial charge is 0.453 e. The van der Waals surface area contributed by atoms with Gasteiger partial charge in [0.2, 0.25) is 5.91 Å². The Morgan fingerprint density at radius 1 is 1.17 bits per heavy atom. The summed E-state index contributed by atoms with van der Waals surface area (Å²) >= 11 is 1.45. The molecule has 1 aliphatic carbocycles. The van der Waals surface area contributed by atoms with E-state index in [1.807, 2.05) is 6.92 Å². The molecule has 0 unspecified atom stereocenters. The van der Waals surface area contributed by atoms with Crippen molar-refractivity contribution in [3.05, 3.63) is 16.0 Å². The lowest BCUT2D eigenvalue weighted by Crippen LogP contribution is -2.31. The van der Waals surface area contributed by atoms with Gasteiger partial charge in [0.1, 0.15) is 5.00 Å². The molecule has 7 heteroatoms. The number of methoxy groups -OCH3 is 1. The van der Waals surface area contributed by atoms with Gasteiger partial charge in [-0.3, -0.25) is 14.9 Å². The van der Waals surface area contributed by atoms with E-state index in [2.05, 4.69) is 15.4 Å². The van der Waals surface area contributed by atoms with Crippen molar-refractivity contribution in [2.45, 2.75) is 51.9 Å². The van der Waals surface area contributed by atoms with Gasteiger partial charge in [-0.25, -0.2) is 4.79 Å². The minimum Gasteiger partial charge on any atom is -0.453 e. The summed E-state index contributed by atoms with van der Waals surface area (Å²) in [5.41, 5.74) is 1.38. The van der Waals surface area contributed by atoms with E-state index in [-0.39, 0.29) is 5.91 Å². The van der Waals surface area contributed by atoms with Crippen LogP contribution in [0.15, 0.2) is 0 Å². The average molecular weight is 338 g/mol. The predicted octanol–water partition coefficient (Wildman–Crippen LogP) is 3.25. The summed E-state index contributed by atoms with van der Waals surface area (Å²) in [6.45, 7) is 1.92. The second kappa shape index (κ2) is 8.10. The number of thiophene rings is 1. The first-order valence-electron chi connectivity index (χ1n) is 7.90. The molecular formula is C16H22N2O4S. The zero-order chi connectivity index (χ0) is 16.8. The van der Waals surface area contributed by atoms with Crippen LogP contribution in [-0.4, -0.2) is 25.0 Å². The summed E-state index contributed by atoms with van der Waals surface area (Å²) in [4.78, 5) is 36.9. The number of hydrogen-bond acceptors (Lipinski definition) is 5. The lowest BCUT2D eigenvalue weighted by molar-refractivity contribution is -0.116. The molecule has 2 rings (SSSR count). The standard InChI is InChI=1S/C16H22N2O4S/c1-3-7-12(19)17-15-13(14(20)18-16(21)22-2)10-8-5-4-6-9-11(10)23-15/h3-9H2,1-2H3,(H,17,19)(H,18,20,21). The van der Waals surface area contributed by atoms with Gasteiger partial charge in [-0.1, -0.05) is 13.3 Å². The molecule has 0 saturated carbocycles. The minimum atomic E-state index is -0.797. The molecule has 126 valence electrons. The normalized spacial score (nSPS) is 13.7. The van der Waals surface area contributed by atoms with Crippen molar-refractivity contribution < 1.29 is 19.1 Å². The van der Waals surface area contributed by atoms with E-state index in [1.165, 1.54) is 18.4 Å². The first-order valence-corrected chi connectivity index (χ1v) is 8.72. The monoisotopic (exact) mass is 338 g/mol. The number of hydrogen-bond donors (Lipinski definition) is 2. The quantitative estimate of drug-likeness (QED) is 0.825. The van der Waals surface area contributed by atoms with E-state index in [4.69, 9.17) is 0 Å². The highest BCUT2D eigenvalue weighted by atomic mass is 32.1. The van der Waals surface area contributed by atoms with Crippen molar-refractivity contribution in [3.8, 4) is 0 Å². The number of carbonyl (C=O) groups is 3. The van der Waals surface area contributed by atoms with Gasteiger partial charge >= 0.3 is 6.09 Å². The molecule has 23 heavy (non-hydrogen) atoms. The maximum Gasteiger partial charge on any atom is 0.413 e. The van der Waals surface area contributed by atoms with Gasteiger partial charge in [0.05, 0.1) is 12.7 Å². The Labute approximate surface area is 139 Å². The molecule has 0 saturated heterocycles. The Morgan fingerprint density at radius 2 is 1.91 bits per heavy atom. The van der Waals surface area contributed by atoms with Crippen molar-refractivity contribution in [2.75, 3.05) is 12.4 Å². The molecule has 2 N–H and O–H groups in total. The third kappa shape index (κ3) is 4.31. The summed E-state index contributed by atoms with van der Waals surface area (Å²) in [5.74, 6) is -0.626. The maximum absolute atomic E-state index is 12.5. The molecule has 6 nitrogen and oxygen atoms in total. The zero-order valence-corrected chi connectivity index (χ0v) is 14.3. The third-order valence-electron chi connectivity index (χ3n) is 3.78. The van der Waals surface area contributed by atoms with Crippen molar-refractivity contribution in [1.82, 2.24) is 5.32 Å². The topological polar surface area (TPSA) is 84.5 Å². The molecule has 3 amide bonds. The third-order valence-corrected chi connectivity index (χ3v) is 4.99.